The van der Waals surface area contributed by atoms with Crippen LogP contribution in [0.1, 0.15) is 27.7 Å². The van der Waals surface area contributed by atoms with E-state index in [1.54, 1.807) is 6.07 Å². The van der Waals surface area contributed by atoms with Crippen molar-refractivity contribution in [3.63, 3.8) is 0 Å². The summed E-state index contributed by atoms with van der Waals surface area (Å²) in [5.41, 5.74) is 0.657. The van der Waals surface area contributed by atoms with E-state index < -0.39 is 4.92 Å². The minimum atomic E-state index is -0.461. The molecule has 0 aliphatic carbocycles. The molecule has 0 radical (unpaired) electrons. The summed E-state index contributed by atoms with van der Waals surface area (Å²) in [4.78, 5) is 25.0. The molecule has 0 fully saturated rings. The molecular formula is C19H22ClN3O3S. The van der Waals surface area contributed by atoms with Crippen LogP contribution < -0.4 is 5.32 Å². The SMILES string of the molecule is C/C=C\C(C)C=C/C=C(\C)Cl.CC(=O)Nc1nc2ccc([N+](=O)[O-])cc2s1. The fraction of sp³-hybridized carbons (Fsp3) is 0.263. The maximum atomic E-state index is 10.8. The smallest absolute Gasteiger partial charge is 0.270 e. The Labute approximate surface area is 167 Å². The number of rotatable bonds is 5. The van der Waals surface area contributed by atoms with Gasteiger partial charge in [-0.15, -0.1) is 0 Å². The molecule has 2 aromatic rings. The Hall–Kier alpha value is -2.51. The Bertz CT molecular complexity index is 883. The summed E-state index contributed by atoms with van der Waals surface area (Å²) in [7, 11) is 0. The first-order valence-corrected chi connectivity index (χ1v) is 9.38. The summed E-state index contributed by atoms with van der Waals surface area (Å²) in [5.74, 6) is 0.279. The fourth-order valence-corrected chi connectivity index (χ4v) is 2.98. The van der Waals surface area contributed by atoms with Gasteiger partial charge >= 0.3 is 0 Å². The Balaban J connectivity index is 0.000000293. The molecule has 1 heterocycles. The molecule has 0 spiro atoms. The number of hydrogen-bond donors (Lipinski definition) is 1. The van der Waals surface area contributed by atoms with E-state index in [1.165, 1.54) is 30.4 Å². The molecule has 8 heteroatoms. The average molecular weight is 408 g/mol. The predicted molar refractivity (Wildman–Crippen MR) is 113 cm³/mol. The Morgan fingerprint density at radius 1 is 1.37 bits per heavy atom. The van der Waals surface area contributed by atoms with Crippen LogP contribution in [0.4, 0.5) is 10.8 Å². The van der Waals surface area contributed by atoms with Crippen LogP contribution in [-0.4, -0.2) is 15.8 Å². The zero-order valence-corrected chi connectivity index (χ0v) is 17.2. The number of carbonyl (C=O) groups excluding carboxylic acids is 1. The summed E-state index contributed by atoms with van der Waals surface area (Å²) in [6.07, 6.45) is 10.2. The zero-order chi connectivity index (χ0) is 20.4. The number of amides is 1. The number of nitro benzene ring substituents is 1. The van der Waals surface area contributed by atoms with Crippen LogP contribution >= 0.6 is 22.9 Å². The van der Waals surface area contributed by atoms with Gasteiger partial charge < -0.3 is 5.32 Å². The monoisotopic (exact) mass is 407 g/mol. The molecule has 1 N–H and O–H groups in total. The standard InChI is InChI=1S/C10H15Cl.C9H7N3O3S/c1-4-6-9(2)7-5-8-10(3)11;1-5(13)10-9-11-7-3-2-6(12(14)15)4-8(7)16-9/h4-9H,1-3H3;2-4H,1H3,(H,10,11,13)/b6-4-,7-5?,10-8+;. The lowest BCUT2D eigenvalue weighted by atomic mass is 10.1. The van der Waals surface area contributed by atoms with E-state index >= 15 is 0 Å². The Kier molecular flexibility index (Phi) is 9.39. The Morgan fingerprint density at radius 3 is 2.63 bits per heavy atom. The van der Waals surface area contributed by atoms with Crippen molar-refractivity contribution < 1.29 is 9.72 Å². The van der Waals surface area contributed by atoms with Gasteiger partial charge in [-0.25, -0.2) is 4.98 Å². The van der Waals surface area contributed by atoms with Crippen molar-refractivity contribution >= 4 is 49.9 Å². The van der Waals surface area contributed by atoms with Gasteiger partial charge in [-0.05, 0) is 31.9 Å². The number of aromatic nitrogens is 1. The lowest BCUT2D eigenvalue weighted by Gasteiger charge is -1.93. The van der Waals surface area contributed by atoms with Crippen LogP contribution in [0.2, 0.25) is 0 Å². The molecule has 1 unspecified atom stereocenters. The van der Waals surface area contributed by atoms with Crippen molar-refractivity contribution in [2.24, 2.45) is 5.92 Å². The summed E-state index contributed by atoms with van der Waals surface area (Å²) in [6, 6.07) is 4.40. The van der Waals surface area contributed by atoms with E-state index in [4.69, 9.17) is 11.6 Å². The van der Waals surface area contributed by atoms with Gasteiger partial charge in [0, 0.05) is 24.1 Å². The van der Waals surface area contributed by atoms with Gasteiger partial charge in [0.2, 0.25) is 5.91 Å². The first-order chi connectivity index (χ1) is 12.7. The lowest BCUT2D eigenvalue weighted by molar-refractivity contribution is -0.384. The third-order valence-corrected chi connectivity index (χ3v) is 4.16. The molecule has 0 aliphatic rings. The second-order valence-electron chi connectivity index (χ2n) is 5.63. The van der Waals surface area contributed by atoms with Gasteiger partial charge in [-0.1, -0.05) is 54.2 Å². The van der Waals surface area contributed by atoms with Gasteiger partial charge in [0.15, 0.2) is 5.13 Å². The molecule has 1 amide bonds. The van der Waals surface area contributed by atoms with Crippen LogP contribution in [0.15, 0.2) is 53.6 Å². The molecule has 0 aliphatic heterocycles. The summed E-state index contributed by atoms with van der Waals surface area (Å²) in [6.45, 7) is 7.40. The second-order valence-corrected chi connectivity index (χ2v) is 7.26. The van der Waals surface area contributed by atoms with Crippen LogP contribution in [0.3, 0.4) is 0 Å². The number of nitrogens with one attached hydrogen (secondary N) is 1. The summed E-state index contributed by atoms with van der Waals surface area (Å²) < 4.78 is 0.679. The van der Waals surface area contributed by atoms with Crippen LogP contribution in [0, 0.1) is 16.0 Å². The molecule has 0 saturated heterocycles. The number of benzene rings is 1. The third kappa shape index (κ3) is 8.61. The zero-order valence-electron chi connectivity index (χ0n) is 15.6. The normalized spacial score (nSPS) is 12.9. The quantitative estimate of drug-likeness (QED) is 0.282. The van der Waals surface area contributed by atoms with Crippen molar-refractivity contribution in [3.05, 3.63) is 63.7 Å². The summed E-state index contributed by atoms with van der Waals surface area (Å²) >= 11 is 6.84. The first-order valence-electron chi connectivity index (χ1n) is 8.19. The van der Waals surface area contributed by atoms with Crippen molar-refractivity contribution in [2.75, 3.05) is 5.32 Å². The van der Waals surface area contributed by atoms with Gasteiger partial charge in [0.25, 0.3) is 5.69 Å². The predicted octanol–water partition coefficient (Wildman–Crippen LogP) is 6.06. The highest BCUT2D eigenvalue weighted by Crippen LogP contribution is 2.28. The van der Waals surface area contributed by atoms with E-state index in [1.807, 2.05) is 32.1 Å². The molecule has 0 bridgehead atoms. The minimum absolute atomic E-state index is 0.0190. The largest absolute Gasteiger partial charge is 0.302 e. The lowest BCUT2D eigenvalue weighted by Crippen LogP contribution is -2.04. The molecule has 1 aromatic carbocycles. The second kappa shape index (κ2) is 11.3. The molecule has 0 saturated carbocycles. The van der Waals surface area contributed by atoms with E-state index in [9.17, 15) is 14.9 Å². The number of non-ortho nitro benzene ring substituents is 1. The van der Waals surface area contributed by atoms with Crippen molar-refractivity contribution in [3.8, 4) is 0 Å². The number of allylic oxidation sites excluding steroid dienone is 6. The van der Waals surface area contributed by atoms with E-state index in [-0.39, 0.29) is 11.6 Å². The molecule has 1 atom stereocenters. The van der Waals surface area contributed by atoms with E-state index in [2.05, 4.69) is 29.4 Å². The molecule has 2 rings (SSSR count). The van der Waals surface area contributed by atoms with E-state index in [0.717, 1.165) is 5.03 Å². The van der Waals surface area contributed by atoms with Gasteiger partial charge in [0.05, 0.1) is 15.1 Å². The van der Waals surface area contributed by atoms with Crippen LogP contribution in [-0.2, 0) is 4.79 Å². The molecule has 144 valence electrons. The van der Waals surface area contributed by atoms with Crippen molar-refractivity contribution in [1.29, 1.82) is 0 Å². The van der Waals surface area contributed by atoms with Crippen LogP contribution in [0.25, 0.3) is 10.2 Å². The van der Waals surface area contributed by atoms with Crippen molar-refractivity contribution in [1.82, 2.24) is 4.98 Å². The molecule has 27 heavy (non-hydrogen) atoms. The average Bonchev–Trinajstić information content (AvgIpc) is 2.95. The van der Waals surface area contributed by atoms with E-state index in [0.29, 0.717) is 21.3 Å². The number of fused-ring (bicyclic) bond motifs is 1. The molecular weight excluding hydrogens is 386 g/mol. The maximum Gasteiger partial charge on any atom is 0.270 e. The number of carbonyl (C=O) groups is 1. The Morgan fingerprint density at radius 2 is 2.07 bits per heavy atom. The van der Waals surface area contributed by atoms with Crippen LogP contribution in [0.5, 0.6) is 0 Å². The number of hydrogen-bond acceptors (Lipinski definition) is 5. The topological polar surface area (TPSA) is 85.1 Å². The highest BCUT2D eigenvalue weighted by Gasteiger charge is 2.10. The highest BCUT2D eigenvalue weighted by atomic mass is 35.5. The summed E-state index contributed by atoms with van der Waals surface area (Å²) in [5, 5.41) is 14.4. The highest BCUT2D eigenvalue weighted by molar-refractivity contribution is 7.22. The van der Waals surface area contributed by atoms with Gasteiger partial charge in [-0.2, -0.15) is 0 Å². The fourth-order valence-electron chi connectivity index (χ4n) is 1.96. The number of anilines is 1. The third-order valence-electron chi connectivity index (χ3n) is 3.10. The van der Waals surface area contributed by atoms with Crippen molar-refractivity contribution in [2.45, 2.75) is 27.7 Å². The maximum absolute atomic E-state index is 10.8. The minimum Gasteiger partial charge on any atom is -0.302 e. The van der Waals surface area contributed by atoms with Gasteiger partial charge in [-0.3, -0.25) is 14.9 Å². The number of nitrogens with zero attached hydrogens (tertiary/aromatic N) is 2. The number of halogens is 1. The number of nitro groups is 1. The molecule has 6 nitrogen and oxygen atoms in total. The van der Waals surface area contributed by atoms with Gasteiger partial charge in [0.1, 0.15) is 0 Å². The first kappa shape index (κ1) is 22.5. The molecule has 1 aromatic heterocycles. The number of thiazole rings is 1.